The molecule has 2 aromatic carbocycles. The van der Waals surface area contributed by atoms with Gasteiger partial charge in [0.15, 0.2) is 0 Å². The average molecular weight is 265 g/mol. The Labute approximate surface area is 105 Å². The zero-order valence-corrected chi connectivity index (χ0v) is 10.5. The van der Waals surface area contributed by atoms with Crippen LogP contribution in [0.3, 0.4) is 0 Å². The van der Waals surface area contributed by atoms with Crippen LogP contribution in [0.1, 0.15) is 5.56 Å². The maximum Gasteiger partial charge on any atom is 0.261 e. The molecule has 0 fully saturated rings. The van der Waals surface area contributed by atoms with E-state index in [2.05, 4.69) is 4.72 Å². The van der Waals surface area contributed by atoms with Crippen molar-refractivity contribution in [1.82, 2.24) is 0 Å². The van der Waals surface area contributed by atoms with Crippen LogP contribution in [0.15, 0.2) is 53.4 Å². The van der Waals surface area contributed by atoms with E-state index in [1.807, 2.05) is 0 Å². The minimum Gasteiger partial charge on any atom is -0.279 e. The monoisotopic (exact) mass is 265 g/mol. The number of nitrogens with one attached hydrogen (secondary N) is 1. The molecule has 0 saturated carbocycles. The van der Waals surface area contributed by atoms with E-state index in [-0.39, 0.29) is 4.90 Å². The van der Waals surface area contributed by atoms with E-state index < -0.39 is 15.8 Å². The maximum atomic E-state index is 12.9. The third kappa shape index (κ3) is 2.68. The van der Waals surface area contributed by atoms with Crippen molar-refractivity contribution in [3.05, 3.63) is 59.9 Å². The second kappa shape index (κ2) is 4.78. The molecule has 1 N–H and O–H groups in total. The van der Waals surface area contributed by atoms with Gasteiger partial charge in [-0.2, -0.15) is 0 Å². The highest BCUT2D eigenvalue weighted by Gasteiger charge is 2.14. The van der Waals surface area contributed by atoms with Crippen LogP contribution in [0.4, 0.5) is 10.1 Å². The Hall–Kier alpha value is -1.88. The lowest BCUT2D eigenvalue weighted by Gasteiger charge is -2.10. The molecular formula is C13H12FNO2S. The van der Waals surface area contributed by atoms with Crippen LogP contribution in [-0.4, -0.2) is 8.42 Å². The number of rotatable bonds is 3. The lowest BCUT2D eigenvalue weighted by Crippen LogP contribution is -2.13. The lowest BCUT2D eigenvalue weighted by atomic mass is 10.2. The van der Waals surface area contributed by atoms with Gasteiger partial charge >= 0.3 is 0 Å². The van der Waals surface area contributed by atoms with Gasteiger partial charge in [-0.05, 0) is 42.8 Å². The zero-order valence-electron chi connectivity index (χ0n) is 9.72. The molecule has 0 bridgehead atoms. The molecule has 2 aromatic rings. The summed E-state index contributed by atoms with van der Waals surface area (Å²) in [4.78, 5) is 0.175. The van der Waals surface area contributed by atoms with E-state index in [9.17, 15) is 12.8 Å². The first-order chi connectivity index (χ1) is 8.49. The van der Waals surface area contributed by atoms with Crippen molar-refractivity contribution in [1.29, 1.82) is 0 Å². The molecule has 0 unspecified atom stereocenters. The summed E-state index contributed by atoms with van der Waals surface area (Å²) in [6.07, 6.45) is 0. The summed E-state index contributed by atoms with van der Waals surface area (Å²) >= 11 is 0. The first-order valence-electron chi connectivity index (χ1n) is 5.33. The van der Waals surface area contributed by atoms with Gasteiger partial charge in [0.05, 0.1) is 10.6 Å². The van der Waals surface area contributed by atoms with Gasteiger partial charge in [0.25, 0.3) is 10.0 Å². The average Bonchev–Trinajstić information content (AvgIpc) is 2.34. The van der Waals surface area contributed by atoms with Crippen molar-refractivity contribution >= 4 is 15.7 Å². The van der Waals surface area contributed by atoms with Crippen molar-refractivity contribution in [3.8, 4) is 0 Å². The first-order valence-corrected chi connectivity index (χ1v) is 6.81. The van der Waals surface area contributed by atoms with Crippen molar-refractivity contribution in [2.45, 2.75) is 11.8 Å². The summed E-state index contributed by atoms with van der Waals surface area (Å²) in [7, 11) is -3.62. The molecule has 0 amide bonds. The van der Waals surface area contributed by atoms with E-state index in [1.54, 1.807) is 25.1 Å². The standard InChI is InChI=1S/C13H12FNO2S/c1-10-9-11(14)7-8-13(10)15-18(16,17)12-5-3-2-4-6-12/h2-9,15H,1H3. The van der Waals surface area contributed by atoms with E-state index in [0.717, 1.165) is 0 Å². The number of benzene rings is 2. The fraction of sp³-hybridized carbons (Fsp3) is 0.0769. The second-order valence-electron chi connectivity index (χ2n) is 3.88. The van der Waals surface area contributed by atoms with Crippen LogP contribution in [0.5, 0.6) is 0 Å². The lowest BCUT2D eigenvalue weighted by molar-refractivity contribution is 0.601. The van der Waals surface area contributed by atoms with Crippen LogP contribution in [0.2, 0.25) is 0 Å². The topological polar surface area (TPSA) is 46.2 Å². The first kappa shape index (κ1) is 12.6. The van der Waals surface area contributed by atoms with Crippen LogP contribution in [-0.2, 0) is 10.0 Å². The second-order valence-corrected chi connectivity index (χ2v) is 5.56. The Kier molecular flexibility index (Phi) is 3.34. The number of hydrogen-bond acceptors (Lipinski definition) is 2. The van der Waals surface area contributed by atoms with E-state index in [0.29, 0.717) is 11.3 Å². The molecule has 0 aliphatic carbocycles. The minimum atomic E-state index is -3.62. The van der Waals surface area contributed by atoms with Crippen molar-refractivity contribution < 1.29 is 12.8 Å². The zero-order chi connectivity index (χ0) is 13.2. The number of halogens is 1. The highest BCUT2D eigenvalue weighted by Crippen LogP contribution is 2.20. The van der Waals surface area contributed by atoms with Crippen molar-refractivity contribution in [2.75, 3.05) is 4.72 Å². The van der Waals surface area contributed by atoms with E-state index in [4.69, 9.17) is 0 Å². The van der Waals surface area contributed by atoms with Gasteiger partial charge in [-0.1, -0.05) is 18.2 Å². The molecule has 18 heavy (non-hydrogen) atoms. The summed E-state index contributed by atoms with van der Waals surface area (Å²) < 4.78 is 39.4. The van der Waals surface area contributed by atoms with Crippen LogP contribution in [0, 0.1) is 12.7 Å². The fourth-order valence-corrected chi connectivity index (χ4v) is 2.70. The van der Waals surface area contributed by atoms with E-state index >= 15 is 0 Å². The molecule has 0 aliphatic heterocycles. The van der Waals surface area contributed by atoms with Crippen molar-refractivity contribution in [2.24, 2.45) is 0 Å². The van der Waals surface area contributed by atoms with Gasteiger partial charge in [0.2, 0.25) is 0 Å². The molecule has 0 aliphatic rings. The molecule has 0 aromatic heterocycles. The van der Waals surface area contributed by atoms with Crippen LogP contribution in [0.25, 0.3) is 0 Å². The Morgan fingerprint density at radius 3 is 2.33 bits per heavy atom. The number of aryl methyl sites for hydroxylation is 1. The predicted molar refractivity (Wildman–Crippen MR) is 68.4 cm³/mol. The number of hydrogen-bond donors (Lipinski definition) is 1. The Balaban J connectivity index is 2.34. The summed E-state index contributed by atoms with van der Waals surface area (Å²) in [5.41, 5.74) is 0.912. The Morgan fingerprint density at radius 1 is 1.06 bits per heavy atom. The Bertz CT molecular complexity index is 654. The number of anilines is 1. The summed E-state index contributed by atoms with van der Waals surface area (Å²) in [6.45, 7) is 1.64. The quantitative estimate of drug-likeness (QED) is 0.927. The molecule has 0 saturated heterocycles. The molecule has 0 atom stereocenters. The molecule has 0 spiro atoms. The highest BCUT2D eigenvalue weighted by molar-refractivity contribution is 7.92. The van der Waals surface area contributed by atoms with Crippen LogP contribution < -0.4 is 4.72 Å². The van der Waals surface area contributed by atoms with Gasteiger partial charge in [-0.3, -0.25) is 4.72 Å². The molecule has 2 rings (SSSR count). The molecule has 94 valence electrons. The van der Waals surface area contributed by atoms with Gasteiger partial charge in [0, 0.05) is 0 Å². The van der Waals surface area contributed by atoms with Crippen LogP contribution >= 0.6 is 0 Å². The van der Waals surface area contributed by atoms with Crippen molar-refractivity contribution in [3.63, 3.8) is 0 Å². The summed E-state index contributed by atoms with van der Waals surface area (Å²) in [5.74, 6) is -0.393. The molecule has 3 nitrogen and oxygen atoms in total. The van der Waals surface area contributed by atoms with Gasteiger partial charge in [-0.25, -0.2) is 12.8 Å². The van der Waals surface area contributed by atoms with Gasteiger partial charge < -0.3 is 0 Å². The highest BCUT2D eigenvalue weighted by atomic mass is 32.2. The minimum absolute atomic E-state index is 0.175. The summed E-state index contributed by atoms with van der Waals surface area (Å²) in [5, 5.41) is 0. The largest absolute Gasteiger partial charge is 0.279 e. The molecule has 5 heteroatoms. The van der Waals surface area contributed by atoms with Gasteiger partial charge in [-0.15, -0.1) is 0 Å². The SMILES string of the molecule is Cc1cc(F)ccc1NS(=O)(=O)c1ccccc1. The maximum absolute atomic E-state index is 12.9. The smallest absolute Gasteiger partial charge is 0.261 e. The Morgan fingerprint density at radius 2 is 1.72 bits per heavy atom. The van der Waals surface area contributed by atoms with Gasteiger partial charge in [0.1, 0.15) is 5.82 Å². The molecular weight excluding hydrogens is 253 g/mol. The van der Waals surface area contributed by atoms with E-state index in [1.165, 1.54) is 30.3 Å². The summed E-state index contributed by atoms with van der Waals surface area (Å²) in [6, 6.07) is 11.9. The predicted octanol–water partition coefficient (Wildman–Crippen LogP) is 2.93. The molecule has 0 heterocycles. The molecule has 0 radical (unpaired) electrons. The fourth-order valence-electron chi connectivity index (χ4n) is 1.54. The third-order valence-corrected chi connectivity index (χ3v) is 3.87. The number of sulfonamides is 1. The third-order valence-electron chi connectivity index (χ3n) is 2.49. The normalized spacial score (nSPS) is 11.2.